The van der Waals surface area contributed by atoms with Crippen molar-refractivity contribution < 1.29 is 19.1 Å². The van der Waals surface area contributed by atoms with E-state index in [-0.39, 0.29) is 31.1 Å². The quantitative estimate of drug-likeness (QED) is 0.636. The fourth-order valence-corrected chi connectivity index (χ4v) is 0.902. The molecular formula is C15H32N2O4. The van der Waals surface area contributed by atoms with Crippen molar-refractivity contribution in [1.82, 2.24) is 9.80 Å². The standard InChI is InChI=1S/C8H17NO2.C7H15NO2/c1-4-5-6-11-7-8(10)9(2)3;1-6(2)10-5-7(9)8(3)4/h4-7H2,1-3H3;6H,5H2,1-4H3. The maximum absolute atomic E-state index is 10.9. The predicted molar refractivity (Wildman–Crippen MR) is 84.2 cm³/mol. The molecule has 126 valence electrons. The van der Waals surface area contributed by atoms with Crippen LogP contribution >= 0.6 is 0 Å². The van der Waals surface area contributed by atoms with Gasteiger partial charge in [0.25, 0.3) is 0 Å². The van der Waals surface area contributed by atoms with Gasteiger partial charge in [0.2, 0.25) is 11.8 Å². The minimum Gasteiger partial charge on any atom is -0.372 e. The van der Waals surface area contributed by atoms with Crippen molar-refractivity contribution in [3.63, 3.8) is 0 Å². The highest BCUT2D eigenvalue weighted by Crippen LogP contribution is 1.89. The predicted octanol–water partition coefficient (Wildman–Crippen LogP) is 1.39. The molecule has 0 radical (unpaired) electrons. The van der Waals surface area contributed by atoms with Gasteiger partial charge in [-0.3, -0.25) is 9.59 Å². The Kier molecular flexibility index (Phi) is 14.6. The maximum atomic E-state index is 10.9. The third-order valence-corrected chi connectivity index (χ3v) is 2.41. The Morgan fingerprint density at radius 2 is 1.43 bits per heavy atom. The van der Waals surface area contributed by atoms with Gasteiger partial charge in [-0.1, -0.05) is 13.3 Å². The number of carbonyl (C=O) groups is 2. The van der Waals surface area contributed by atoms with Crippen LogP contribution in [0.5, 0.6) is 0 Å². The van der Waals surface area contributed by atoms with E-state index in [0.29, 0.717) is 6.61 Å². The smallest absolute Gasteiger partial charge is 0.248 e. The van der Waals surface area contributed by atoms with Crippen LogP contribution in [-0.4, -0.2) is 75.7 Å². The summed E-state index contributed by atoms with van der Waals surface area (Å²) in [7, 11) is 6.88. The highest BCUT2D eigenvalue weighted by atomic mass is 16.5. The molecule has 0 aromatic rings. The topological polar surface area (TPSA) is 59.1 Å². The first-order chi connectivity index (χ1) is 9.72. The second kappa shape index (κ2) is 13.8. The number of ether oxygens (including phenoxy) is 2. The van der Waals surface area contributed by atoms with Gasteiger partial charge in [-0.2, -0.15) is 0 Å². The Bertz CT molecular complexity index is 279. The summed E-state index contributed by atoms with van der Waals surface area (Å²) in [5.74, 6) is 0.0369. The van der Waals surface area contributed by atoms with E-state index < -0.39 is 0 Å². The normalized spacial score (nSPS) is 9.90. The number of hydrogen-bond acceptors (Lipinski definition) is 4. The van der Waals surface area contributed by atoms with Gasteiger partial charge in [-0.25, -0.2) is 0 Å². The van der Waals surface area contributed by atoms with Crippen LogP contribution in [0.25, 0.3) is 0 Å². The first kappa shape index (κ1) is 22.1. The molecule has 6 heteroatoms. The zero-order chi connectivity index (χ0) is 16.8. The fraction of sp³-hybridized carbons (Fsp3) is 0.867. The summed E-state index contributed by atoms with van der Waals surface area (Å²) in [6.45, 7) is 7.00. The Morgan fingerprint density at radius 1 is 0.952 bits per heavy atom. The van der Waals surface area contributed by atoms with Gasteiger partial charge in [-0.15, -0.1) is 0 Å². The molecule has 0 saturated carbocycles. The lowest BCUT2D eigenvalue weighted by Crippen LogP contribution is -2.27. The molecule has 0 aliphatic rings. The Morgan fingerprint density at radius 3 is 1.81 bits per heavy atom. The van der Waals surface area contributed by atoms with Gasteiger partial charge in [-0.05, 0) is 20.3 Å². The molecule has 0 atom stereocenters. The van der Waals surface area contributed by atoms with Gasteiger partial charge in [0.1, 0.15) is 13.2 Å². The molecule has 6 nitrogen and oxygen atoms in total. The van der Waals surface area contributed by atoms with Crippen molar-refractivity contribution in [1.29, 1.82) is 0 Å². The first-order valence-electron chi connectivity index (χ1n) is 7.31. The molecule has 0 unspecified atom stereocenters. The molecule has 0 spiro atoms. The summed E-state index contributed by atoms with van der Waals surface area (Å²) in [6.07, 6.45) is 2.26. The van der Waals surface area contributed by atoms with Crippen molar-refractivity contribution in [2.24, 2.45) is 0 Å². The zero-order valence-corrected chi connectivity index (χ0v) is 14.6. The van der Waals surface area contributed by atoms with Crippen LogP contribution in [-0.2, 0) is 19.1 Å². The van der Waals surface area contributed by atoms with E-state index in [4.69, 9.17) is 9.47 Å². The average Bonchev–Trinajstić information content (AvgIpc) is 2.41. The van der Waals surface area contributed by atoms with Gasteiger partial charge in [0.05, 0.1) is 6.10 Å². The summed E-state index contributed by atoms with van der Waals surface area (Å²) in [5, 5.41) is 0. The molecule has 0 fully saturated rings. The highest BCUT2D eigenvalue weighted by Gasteiger charge is 2.04. The number of likely N-dealkylation sites (N-methyl/N-ethyl adjacent to an activating group) is 2. The third-order valence-electron chi connectivity index (χ3n) is 2.41. The van der Waals surface area contributed by atoms with E-state index in [9.17, 15) is 9.59 Å². The summed E-state index contributed by atoms with van der Waals surface area (Å²) in [6, 6.07) is 0. The molecule has 0 rings (SSSR count). The summed E-state index contributed by atoms with van der Waals surface area (Å²) in [5.41, 5.74) is 0. The number of rotatable bonds is 8. The van der Waals surface area contributed by atoms with Crippen LogP contribution in [0.2, 0.25) is 0 Å². The molecule has 0 aliphatic carbocycles. The minimum absolute atomic E-state index is 0.00806. The van der Waals surface area contributed by atoms with Crippen LogP contribution < -0.4 is 0 Å². The van der Waals surface area contributed by atoms with Gasteiger partial charge >= 0.3 is 0 Å². The van der Waals surface area contributed by atoms with E-state index in [1.807, 2.05) is 13.8 Å². The average molecular weight is 304 g/mol. The number of hydrogen-bond donors (Lipinski definition) is 0. The third kappa shape index (κ3) is 16.8. The van der Waals surface area contributed by atoms with Crippen LogP contribution in [0.1, 0.15) is 33.6 Å². The van der Waals surface area contributed by atoms with Gasteiger partial charge in [0.15, 0.2) is 0 Å². The van der Waals surface area contributed by atoms with Gasteiger partial charge < -0.3 is 19.3 Å². The Labute approximate surface area is 129 Å². The molecule has 0 aliphatic heterocycles. The molecular weight excluding hydrogens is 272 g/mol. The number of carbonyl (C=O) groups excluding carboxylic acids is 2. The van der Waals surface area contributed by atoms with Crippen LogP contribution in [0.15, 0.2) is 0 Å². The number of nitrogens with zero attached hydrogens (tertiary/aromatic N) is 2. The Hall–Kier alpha value is -1.14. The van der Waals surface area contributed by atoms with Crippen LogP contribution in [0, 0.1) is 0 Å². The highest BCUT2D eigenvalue weighted by molar-refractivity contribution is 5.77. The molecule has 0 saturated heterocycles. The van der Waals surface area contributed by atoms with E-state index in [2.05, 4.69) is 6.92 Å². The van der Waals surface area contributed by atoms with Crippen molar-refractivity contribution >= 4 is 11.8 Å². The number of amides is 2. The molecule has 0 N–H and O–H groups in total. The molecule has 2 amide bonds. The molecule has 0 heterocycles. The lowest BCUT2D eigenvalue weighted by Gasteiger charge is -2.11. The SMILES string of the molecule is CC(C)OCC(=O)N(C)C.CCCCOCC(=O)N(C)C. The monoisotopic (exact) mass is 304 g/mol. The minimum atomic E-state index is 0.00806. The second-order valence-electron chi connectivity index (χ2n) is 5.34. The summed E-state index contributed by atoms with van der Waals surface area (Å²) < 4.78 is 10.2. The van der Waals surface area contributed by atoms with Crippen molar-refractivity contribution in [3.05, 3.63) is 0 Å². The van der Waals surface area contributed by atoms with E-state index in [1.165, 1.54) is 9.80 Å². The number of unbranched alkanes of at least 4 members (excludes halogenated alkanes) is 1. The van der Waals surface area contributed by atoms with Gasteiger partial charge in [0, 0.05) is 34.8 Å². The largest absolute Gasteiger partial charge is 0.372 e. The Balaban J connectivity index is 0. The van der Waals surface area contributed by atoms with Crippen LogP contribution in [0.4, 0.5) is 0 Å². The van der Waals surface area contributed by atoms with E-state index >= 15 is 0 Å². The van der Waals surface area contributed by atoms with E-state index in [0.717, 1.165) is 12.8 Å². The van der Waals surface area contributed by atoms with E-state index in [1.54, 1.807) is 28.2 Å². The summed E-state index contributed by atoms with van der Waals surface area (Å²) in [4.78, 5) is 24.8. The molecule has 21 heavy (non-hydrogen) atoms. The second-order valence-corrected chi connectivity index (χ2v) is 5.34. The molecule has 0 aromatic heterocycles. The summed E-state index contributed by atoms with van der Waals surface area (Å²) >= 11 is 0. The fourth-order valence-electron chi connectivity index (χ4n) is 0.902. The zero-order valence-electron chi connectivity index (χ0n) is 14.6. The van der Waals surface area contributed by atoms with Crippen molar-refractivity contribution in [3.8, 4) is 0 Å². The van der Waals surface area contributed by atoms with Crippen molar-refractivity contribution in [2.45, 2.75) is 39.7 Å². The van der Waals surface area contributed by atoms with Crippen LogP contribution in [0.3, 0.4) is 0 Å². The lowest BCUT2D eigenvalue weighted by atomic mass is 10.4. The lowest BCUT2D eigenvalue weighted by molar-refractivity contribution is -0.135. The molecule has 0 bridgehead atoms. The molecule has 0 aromatic carbocycles. The first-order valence-corrected chi connectivity index (χ1v) is 7.31. The van der Waals surface area contributed by atoms with Crippen molar-refractivity contribution in [2.75, 3.05) is 48.0 Å². The maximum Gasteiger partial charge on any atom is 0.248 e.